The zero-order chi connectivity index (χ0) is 16.3. The number of rotatable bonds is 4. The van der Waals surface area contributed by atoms with Crippen molar-refractivity contribution in [2.75, 3.05) is 52.8 Å². The first-order valence-corrected chi connectivity index (χ1v) is 7.38. The SMILES string of the molecule is CN(C)C(=O)[C@]1(C)CN(Cc2cnc(N(C)C)nc2)CCO1. The number of nitrogens with zero attached hydrogens (tertiary/aromatic N) is 5. The minimum atomic E-state index is -0.786. The lowest BCUT2D eigenvalue weighted by molar-refractivity contribution is -0.165. The number of ether oxygens (including phenoxy) is 1. The Kier molecular flexibility index (Phi) is 4.97. The van der Waals surface area contributed by atoms with Crippen LogP contribution in [0.25, 0.3) is 0 Å². The van der Waals surface area contributed by atoms with Crippen LogP contribution in [0.4, 0.5) is 5.95 Å². The quantitative estimate of drug-likeness (QED) is 0.793. The molecule has 0 spiro atoms. The second-order valence-electron chi connectivity index (χ2n) is 6.28. The molecule has 0 saturated carbocycles. The standard InChI is InChI=1S/C15H25N5O2/c1-15(13(21)18(2)3)11-20(6-7-22-15)10-12-8-16-14(17-9-12)19(4)5/h8-9H,6-7,10-11H2,1-5H3/t15-/m0/s1. The van der Waals surface area contributed by atoms with Crippen molar-refractivity contribution in [1.82, 2.24) is 19.8 Å². The monoisotopic (exact) mass is 307 g/mol. The van der Waals surface area contributed by atoms with Crippen molar-refractivity contribution in [3.05, 3.63) is 18.0 Å². The van der Waals surface area contributed by atoms with E-state index in [0.717, 1.165) is 12.1 Å². The van der Waals surface area contributed by atoms with Gasteiger partial charge in [0.2, 0.25) is 5.95 Å². The van der Waals surface area contributed by atoms with Gasteiger partial charge in [0, 0.05) is 65.8 Å². The summed E-state index contributed by atoms with van der Waals surface area (Å²) in [5, 5.41) is 0. The topological polar surface area (TPSA) is 61.8 Å². The van der Waals surface area contributed by atoms with Crippen molar-refractivity contribution in [1.29, 1.82) is 0 Å². The Labute approximate surface area is 131 Å². The molecule has 0 bridgehead atoms. The van der Waals surface area contributed by atoms with Gasteiger partial charge >= 0.3 is 0 Å². The van der Waals surface area contributed by atoms with Crippen molar-refractivity contribution in [3.63, 3.8) is 0 Å². The molecule has 1 atom stereocenters. The lowest BCUT2D eigenvalue weighted by atomic mass is 10.0. The molecule has 1 aliphatic rings. The second kappa shape index (κ2) is 6.58. The minimum absolute atomic E-state index is 0.00333. The molecule has 22 heavy (non-hydrogen) atoms. The number of anilines is 1. The summed E-state index contributed by atoms with van der Waals surface area (Å²) in [6, 6.07) is 0. The fourth-order valence-corrected chi connectivity index (χ4v) is 2.61. The molecular weight excluding hydrogens is 282 g/mol. The summed E-state index contributed by atoms with van der Waals surface area (Å²) < 4.78 is 5.74. The highest BCUT2D eigenvalue weighted by Crippen LogP contribution is 2.21. The highest BCUT2D eigenvalue weighted by molar-refractivity contribution is 5.84. The van der Waals surface area contributed by atoms with Crippen LogP contribution in [0.2, 0.25) is 0 Å². The van der Waals surface area contributed by atoms with Crippen LogP contribution in [0.15, 0.2) is 12.4 Å². The van der Waals surface area contributed by atoms with Crippen molar-refractivity contribution >= 4 is 11.9 Å². The van der Waals surface area contributed by atoms with Gasteiger partial charge in [-0.2, -0.15) is 0 Å². The lowest BCUT2D eigenvalue weighted by Crippen LogP contribution is -2.57. The third kappa shape index (κ3) is 3.72. The fraction of sp³-hybridized carbons (Fsp3) is 0.667. The smallest absolute Gasteiger partial charge is 0.255 e. The molecule has 0 unspecified atom stereocenters. The van der Waals surface area contributed by atoms with Crippen molar-refractivity contribution in [3.8, 4) is 0 Å². The molecule has 7 heteroatoms. The van der Waals surface area contributed by atoms with Gasteiger partial charge in [0.25, 0.3) is 5.91 Å². The third-order valence-electron chi connectivity index (χ3n) is 3.71. The molecule has 0 N–H and O–H groups in total. The van der Waals surface area contributed by atoms with Crippen molar-refractivity contribution in [2.24, 2.45) is 0 Å². The molecule has 0 aliphatic carbocycles. The number of aromatic nitrogens is 2. The minimum Gasteiger partial charge on any atom is -0.363 e. The van der Waals surface area contributed by atoms with Gasteiger partial charge in [-0.25, -0.2) is 9.97 Å². The highest BCUT2D eigenvalue weighted by atomic mass is 16.5. The van der Waals surface area contributed by atoms with E-state index >= 15 is 0 Å². The Balaban J connectivity index is 2.02. The number of amides is 1. The summed E-state index contributed by atoms with van der Waals surface area (Å²) in [5.41, 5.74) is 0.249. The number of morpholine rings is 1. The second-order valence-corrected chi connectivity index (χ2v) is 6.28. The molecule has 2 rings (SSSR count). The Morgan fingerprint density at radius 3 is 2.50 bits per heavy atom. The molecule has 1 saturated heterocycles. The molecule has 0 aromatic carbocycles. The number of hydrogen-bond donors (Lipinski definition) is 0. The molecule has 0 radical (unpaired) electrons. The molecule has 7 nitrogen and oxygen atoms in total. The van der Waals surface area contributed by atoms with Crippen LogP contribution < -0.4 is 4.90 Å². The van der Waals surface area contributed by atoms with Crippen LogP contribution >= 0.6 is 0 Å². The highest BCUT2D eigenvalue weighted by Gasteiger charge is 2.40. The molecule has 1 aromatic heterocycles. The van der Waals surface area contributed by atoms with Gasteiger partial charge in [0.05, 0.1) is 6.61 Å². The van der Waals surface area contributed by atoms with Gasteiger partial charge in [0.15, 0.2) is 5.60 Å². The zero-order valence-electron chi connectivity index (χ0n) is 14.0. The average molecular weight is 307 g/mol. The number of likely N-dealkylation sites (N-methyl/N-ethyl adjacent to an activating group) is 1. The Hall–Kier alpha value is -1.73. The van der Waals surface area contributed by atoms with E-state index < -0.39 is 5.60 Å². The van der Waals surface area contributed by atoms with Gasteiger partial charge in [-0.3, -0.25) is 9.69 Å². The molecular formula is C15H25N5O2. The van der Waals surface area contributed by atoms with Gasteiger partial charge in [-0.1, -0.05) is 0 Å². The maximum atomic E-state index is 12.3. The molecule has 1 amide bonds. The predicted molar refractivity (Wildman–Crippen MR) is 84.7 cm³/mol. The average Bonchev–Trinajstić information content (AvgIpc) is 2.47. The fourth-order valence-electron chi connectivity index (χ4n) is 2.61. The molecule has 1 aliphatic heterocycles. The Morgan fingerprint density at radius 1 is 1.32 bits per heavy atom. The van der Waals surface area contributed by atoms with E-state index in [4.69, 9.17) is 4.74 Å². The number of carbonyl (C=O) groups excluding carboxylic acids is 1. The maximum absolute atomic E-state index is 12.3. The largest absolute Gasteiger partial charge is 0.363 e. The first-order valence-electron chi connectivity index (χ1n) is 7.38. The maximum Gasteiger partial charge on any atom is 0.255 e. The Morgan fingerprint density at radius 2 is 1.95 bits per heavy atom. The van der Waals surface area contributed by atoms with E-state index in [1.165, 1.54) is 0 Å². The summed E-state index contributed by atoms with van der Waals surface area (Å²) in [6.07, 6.45) is 3.67. The molecule has 122 valence electrons. The van der Waals surface area contributed by atoms with E-state index in [2.05, 4.69) is 14.9 Å². The molecule has 1 fully saturated rings. The van der Waals surface area contributed by atoms with Crippen LogP contribution in [-0.4, -0.2) is 79.2 Å². The summed E-state index contributed by atoms with van der Waals surface area (Å²) in [6.45, 7) is 4.48. The molecule has 2 heterocycles. The van der Waals surface area contributed by atoms with Crippen molar-refractivity contribution in [2.45, 2.75) is 19.1 Å². The number of carbonyl (C=O) groups is 1. The summed E-state index contributed by atoms with van der Waals surface area (Å²) >= 11 is 0. The summed E-state index contributed by atoms with van der Waals surface area (Å²) in [7, 11) is 7.33. The van der Waals surface area contributed by atoms with Gasteiger partial charge in [-0.05, 0) is 6.92 Å². The van der Waals surface area contributed by atoms with Crippen LogP contribution in [-0.2, 0) is 16.1 Å². The summed E-state index contributed by atoms with van der Waals surface area (Å²) in [5.74, 6) is 0.690. The van der Waals surface area contributed by atoms with E-state index in [9.17, 15) is 4.79 Å². The van der Waals surface area contributed by atoms with Gasteiger partial charge in [-0.15, -0.1) is 0 Å². The van der Waals surface area contributed by atoms with Gasteiger partial charge in [0.1, 0.15) is 0 Å². The van der Waals surface area contributed by atoms with Crippen LogP contribution in [0.5, 0.6) is 0 Å². The number of hydrogen-bond acceptors (Lipinski definition) is 6. The first-order chi connectivity index (χ1) is 10.3. The van der Waals surface area contributed by atoms with Crippen LogP contribution in [0.3, 0.4) is 0 Å². The lowest BCUT2D eigenvalue weighted by Gasteiger charge is -2.40. The van der Waals surface area contributed by atoms with Crippen LogP contribution in [0, 0.1) is 0 Å². The summed E-state index contributed by atoms with van der Waals surface area (Å²) in [4.78, 5) is 26.6. The first kappa shape index (κ1) is 16.6. The van der Waals surface area contributed by atoms with E-state index in [0.29, 0.717) is 25.6 Å². The normalized spacial score (nSPS) is 22.4. The third-order valence-corrected chi connectivity index (χ3v) is 3.71. The predicted octanol–water partition coefficient (Wildman–Crippen LogP) is 0.222. The van der Waals surface area contributed by atoms with Gasteiger partial charge < -0.3 is 14.5 Å². The van der Waals surface area contributed by atoms with Crippen LogP contribution in [0.1, 0.15) is 12.5 Å². The zero-order valence-corrected chi connectivity index (χ0v) is 14.0. The molecule has 1 aromatic rings. The van der Waals surface area contributed by atoms with Crippen molar-refractivity contribution < 1.29 is 9.53 Å². The van der Waals surface area contributed by atoms with E-state index in [1.807, 2.05) is 38.3 Å². The Bertz CT molecular complexity index is 517. The van der Waals surface area contributed by atoms with E-state index in [1.54, 1.807) is 19.0 Å². The van der Waals surface area contributed by atoms with E-state index in [-0.39, 0.29) is 5.91 Å².